The van der Waals surface area contributed by atoms with E-state index in [-0.39, 0.29) is 16.5 Å². The van der Waals surface area contributed by atoms with Crippen LogP contribution in [0.3, 0.4) is 0 Å². The van der Waals surface area contributed by atoms with Gasteiger partial charge in [-0.1, -0.05) is 42.1 Å². The van der Waals surface area contributed by atoms with Crippen molar-refractivity contribution in [2.45, 2.75) is 9.92 Å². The Kier molecular flexibility index (Phi) is 5.07. The lowest BCUT2D eigenvalue weighted by Gasteiger charge is -2.09. The minimum absolute atomic E-state index is 0.151. The number of aromatic nitrogens is 2. The van der Waals surface area contributed by atoms with Crippen molar-refractivity contribution in [3.63, 3.8) is 0 Å². The van der Waals surface area contributed by atoms with Crippen molar-refractivity contribution in [3.8, 4) is 0 Å². The normalized spacial score (nSPS) is 10.4. The third kappa shape index (κ3) is 3.72. The van der Waals surface area contributed by atoms with Crippen molar-refractivity contribution in [3.05, 3.63) is 75.5 Å². The Bertz CT molecular complexity index is 877. The Hall–Kier alpha value is -2.45. The highest BCUT2D eigenvalue weighted by Gasteiger charge is 2.24. The highest BCUT2D eigenvalue weighted by atomic mass is 79.9. The molecule has 0 atom stereocenters. The number of hydrogen-bond acceptors (Lipinski definition) is 6. The predicted molar refractivity (Wildman–Crippen MR) is 96.7 cm³/mol. The lowest BCUT2D eigenvalue weighted by atomic mass is 10.3. The molecule has 1 N–H and O–H groups in total. The second-order valence-corrected chi connectivity index (χ2v) is 6.57. The van der Waals surface area contributed by atoms with Crippen LogP contribution in [0.15, 0.2) is 75.3 Å². The summed E-state index contributed by atoms with van der Waals surface area (Å²) in [7, 11) is 0. The van der Waals surface area contributed by atoms with Crippen LogP contribution in [-0.2, 0) is 0 Å². The smallest absolute Gasteiger partial charge is 0.333 e. The summed E-state index contributed by atoms with van der Waals surface area (Å²) in [6.45, 7) is 0. The lowest BCUT2D eigenvalue weighted by Crippen LogP contribution is -2.03. The molecule has 0 aliphatic carbocycles. The third-order valence-electron chi connectivity index (χ3n) is 3.06. The van der Waals surface area contributed by atoms with Crippen LogP contribution in [0, 0.1) is 10.1 Å². The van der Waals surface area contributed by atoms with Gasteiger partial charge in [0.25, 0.3) is 0 Å². The molecule has 0 saturated heterocycles. The van der Waals surface area contributed by atoms with Crippen LogP contribution in [0.1, 0.15) is 0 Å². The van der Waals surface area contributed by atoms with Crippen LogP contribution in [0.2, 0.25) is 0 Å². The fraction of sp³-hybridized carbons (Fsp3) is 0. The largest absolute Gasteiger partial charge is 0.343 e. The molecule has 0 fully saturated rings. The van der Waals surface area contributed by atoms with Crippen LogP contribution in [0.5, 0.6) is 0 Å². The Morgan fingerprint density at radius 1 is 1.04 bits per heavy atom. The Morgan fingerprint density at radius 3 is 2.46 bits per heavy atom. The summed E-state index contributed by atoms with van der Waals surface area (Å²) in [6, 6.07) is 16.7. The van der Waals surface area contributed by atoms with Crippen LogP contribution >= 0.6 is 27.7 Å². The summed E-state index contributed by atoms with van der Waals surface area (Å²) >= 11 is 4.63. The Morgan fingerprint density at radius 2 is 1.75 bits per heavy atom. The maximum atomic E-state index is 11.6. The molecule has 6 nitrogen and oxygen atoms in total. The topological polar surface area (TPSA) is 81.0 Å². The van der Waals surface area contributed by atoms with Gasteiger partial charge >= 0.3 is 5.69 Å². The average molecular weight is 403 g/mol. The molecule has 120 valence electrons. The molecule has 8 heteroatoms. The van der Waals surface area contributed by atoms with E-state index in [0.717, 1.165) is 9.37 Å². The average Bonchev–Trinajstić information content (AvgIpc) is 2.58. The van der Waals surface area contributed by atoms with E-state index < -0.39 is 4.92 Å². The first-order valence-corrected chi connectivity index (χ1v) is 8.50. The molecule has 0 spiro atoms. The maximum Gasteiger partial charge on any atom is 0.343 e. The predicted octanol–water partition coefficient (Wildman–Crippen LogP) is 5.04. The molecule has 0 amide bonds. The monoisotopic (exact) mass is 402 g/mol. The zero-order valence-corrected chi connectivity index (χ0v) is 14.6. The van der Waals surface area contributed by atoms with E-state index in [0.29, 0.717) is 5.69 Å². The molecule has 0 aliphatic heterocycles. The number of hydrogen-bond donors (Lipinski definition) is 1. The first-order chi connectivity index (χ1) is 11.6. The standard InChI is InChI=1S/C16H11BrN4O2S/c17-12-8-4-5-9-13(12)20-15-14(21(22)23)16(19-10-18-15)24-11-6-2-1-3-7-11/h1-10H,(H,18,19,20). The van der Waals surface area contributed by atoms with Crippen LogP contribution in [0.4, 0.5) is 17.2 Å². The van der Waals surface area contributed by atoms with E-state index in [2.05, 4.69) is 31.2 Å². The van der Waals surface area contributed by atoms with Gasteiger partial charge in [0, 0.05) is 9.37 Å². The molecular weight excluding hydrogens is 392 g/mol. The first kappa shape index (κ1) is 16.4. The molecular formula is C16H11BrN4O2S. The number of nitrogens with one attached hydrogen (secondary N) is 1. The van der Waals surface area contributed by atoms with Crippen molar-refractivity contribution in [1.82, 2.24) is 9.97 Å². The van der Waals surface area contributed by atoms with Crippen LogP contribution < -0.4 is 5.32 Å². The molecule has 3 aromatic rings. The van der Waals surface area contributed by atoms with Gasteiger partial charge in [0.15, 0.2) is 5.03 Å². The van der Waals surface area contributed by atoms with E-state index in [9.17, 15) is 10.1 Å². The van der Waals surface area contributed by atoms with Crippen molar-refractivity contribution >= 4 is 44.9 Å². The van der Waals surface area contributed by atoms with Crippen LogP contribution in [0.25, 0.3) is 0 Å². The fourth-order valence-corrected chi connectivity index (χ4v) is 3.25. The zero-order chi connectivity index (χ0) is 16.9. The first-order valence-electron chi connectivity index (χ1n) is 6.89. The number of halogens is 1. The molecule has 0 radical (unpaired) electrons. The van der Waals surface area contributed by atoms with Gasteiger partial charge in [-0.3, -0.25) is 10.1 Å². The molecule has 2 aromatic carbocycles. The molecule has 1 heterocycles. The van der Waals surface area contributed by atoms with Gasteiger partial charge in [0.2, 0.25) is 5.82 Å². The maximum absolute atomic E-state index is 11.6. The van der Waals surface area contributed by atoms with Gasteiger partial charge in [0.05, 0.1) is 10.6 Å². The highest BCUT2D eigenvalue weighted by Crippen LogP contribution is 2.38. The minimum atomic E-state index is -0.468. The molecule has 24 heavy (non-hydrogen) atoms. The van der Waals surface area contributed by atoms with Gasteiger partial charge < -0.3 is 5.32 Å². The lowest BCUT2D eigenvalue weighted by molar-refractivity contribution is -0.387. The number of nitrogens with zero attached hydrogens (tertiary/aromatic N) is 3. The Labute approximate surface area is 150 Å². The van der Waals surface area contributed by atoms with E-state index in [1.54, 1.807) is 6.07 Å². The number of anilines is 2. The number of para-hydroxylation sites is 1. The second-order valence-electron chi connectivity index (χ2n) is 4.65. The van der Waals surface area contributed by atoms with Gasteiger partial charge in [-0.2, -0.15) is 0 Å². The van der Waals surface area contributed by atoms with Crippen molar-refractivity contribution in [2.24, 2.45) is 0 Å². The van der Waals surface area contributed by atoms with Gasteiger partial charge in [-0.05, 0) is 40.2 Å². The quantitative estimate of drug-likeness (QED) is 0.365. The van der Waals surface area contributed by atoms with Crippen LogP contribution in [-0.4, -0.2) is 14.9 Å². The van der Waals surface area contributed by atoms with Crippen molar-refractivity contribution in [2.75, 3.05) is 5.32 Å². The summed E-state index contributed by atoms with van der Waals surface area (Å²) in [5.74, 6) is 0.153. The van der Waals surface area contributed by atoms with E-state index in [1.807, 2.05) is 48.5 Å². The molecule has 0 aliphatic rings. The Balaban J connectivity index is 1.99. The summed E-state index contributed by atoms with van der Waals surface area (Å²) in [6.07, 6.45) is 1.32. The van der Waals surface area contributed by atoms with E-state index in [4.69, 9.17) is 0 Å². The summed E-state index contributed by atoms with van der Waals surface area (Å²) in [5, 5.41) is 14.9. The van der Waals surface area contributed by atoms with E-state index >= 15 is 0 Å². The second kappa shape index (κ2) is 7.41. The molecule has 0 saturated carbocycles. The van der Waals surface area contributed by atoms with Crippen molar-refractivity contribution in [1.29, 1.82) is 0 Å². The van der Waals surface area contributed by atoms with Gasteiger partial charge in [-0.15, -0.1) is 0 Å². The third-order valence-corrected chi connectivity index (χ3v) is 4.75. The summed E-state index contributed by atoms with van der Waals surface area (Å²) < 4.78 is 0.787. The SMILES string of the molecule is O=[N+]([O-])c1c(Nc2ccccc2Br)ncnc1Sc1ccccc1. The minimum Gasteiger partial charge on any atom is -0.333 e. The molecule has 1 aromatic heterocycles. The van der Waals surface area contributed by atoms with Gasteiger partial charge in [0.1, 0.15) is 6.33 Å². The number of rotatable bonds is 5. The highest BCUT2D eigenvalue weighted by molar-refractivity contribution is 9.10. The van der Waals surface area contributed by atoms with Crippen molar-refractivity contribution < 1.29 is 4.92 Å². The zero-order valence-electron chi connectivity index (χ0n) is 12.2. The molecule has 3 rings (SSSR count). The molecule has 0 bridgehead atoms. The fourth-order valence-electron chi connectivity index (χ4n) is 1.98. The summed E-state index contributed by atoms with van der Waals surface area (Å²) in [4.78, 5) is 20.1. The number of benzene rings is 2. The number of nitro groups is 1. The van der Waals surface area contributed by atoms with E-state index in [1.165, 1.54) is 18.1 Å². The van der Waals surface area contributed by atoms with Gasteiger partial charge in [-0.25, -0.2) is 9.97 Å². The molecule has 0 unspecified atom stereocenters. The summed E-state index contributed by atoms with van der Waals surface area (Å²) in [5.41, 5.74) is 0.539.